The number of halogens is 1. The Labute approximate surface area is 232 Å². The Hall–Kier alpha value is -3.97. The number of aliphatic carboxylic acids is 1. The van der Waals surface area contributed by atoms with Gasteiger partial charge < -0.3 is 19.1 Å². The number of ether oxygens (including phenoxy) is 2. The molecule has 0 bridgehead atoms. The summed E-state index contributed by atoms with van der Waals surface area (Å²) in [7, 11) is -2.54. The van der Waals surface area contributed by atoms with Crippen molar-refractivity contribution in [3.8, 4) is 23.3 Å². The number of benzene rings is 3. The minimum absolute atomic E-state index is 0.0776. The summed E-state index contributed by atoms with van der Waals surface area (Å²) in [6.45, 7) is 2.37. The molecule has 3 aromatic carbocycles. The second-order valence-corrected chi connectivity index (χ2v) is 10.8. The largest absolute Gasteiger partial charge is 0.497 e. The van der Waals surface area contributed by atoms with E-state index < -0.39 is 22.0 Å². The van der Waals surface area contributed by atoms with Crippen LogP contribution in [0.15, 0.2) is 77.8 Å². The first-order valence-corrected chi connectivity index (χ1v) is 13.8. The molecule has 0 saturated heterocycles. The maximum Gasteiger partial charge on any atom is 0.322 e. The third-order valence-electron chi connectivity index (χ3n) is 6.05. The first kappa shape index (κ1) is 28.0. The highest BCUT2D eigenvalue weighted by molar-refractivity contribution is 7.89. The molecule has 0 aliphatic rings. The number of carboxylic acid groups (broad SMARTS) is 1. The quantitative estimate of drug-likeness (QED) is 0.254. The molecule has 0 fully saturated rings. The van der Waals surface area contributed by atoms with E-state index in [4.69, 9.17) is 21.1 Å². The summed E-state index contributed by atoms with van der Waals surface area (Å²) in [5.41, 5.74) is 2.47. The molecule has 1 atom stereocenters. The van der Waals surface area contributed by atoms with Crippen LogP contribution >= 0.6 is 11.6 Å². The van der Waals surface area contributed by atoms with Crippen LogP contribution < -0.4 is 14.2 Å². The third kappa shape index (κ3) is 6.92. The lowest BCUT2D eigenvalue weighted by Crippen LogP contribution is -2.42. The Bertz CT molecular complexity index is 1650. The van der Waals surface area contributed by atoms with Crippen LogP contribution in [0, 0.1) is 11.8 Å². The summed E-state index contributed by atoms with van der Waals surface area (Å²) in [5, 5.41) is 11.2. The second-order valence-electron chi connectivity index (χ2n) is 8.70. The van der Waals surface area contributed by atoms with E-state index >= 15 is 0 Å². The molecule has 0 spiro atoms. The van der Waals surface area contributed by atoms with Gasteiger partial charge in [0.2, 0.25) is 10.0 Å². The molecule has 10 heteroatoms. The van der Waals surface area contributed by atoms with E-state index in [1.54, 1.807) is 26.2 Å². The molecule has 0 radical (unpaired) electrons. The van der Waals surface area contributed by atoms with Crippen LogP contribution in [0.5, 0.6) is 11.5 Å². The first-order chi connectivity index (χ1) is 18.7. The normalized spacial score (nSPS) is 12.0. The van der Waals surface area contributed by atoms with Gasteiger partial charge >= 0.3 is 5.97 Å². The van der Waals surface area contributed by atoms with Gasteiger partial charge in [0.15, 0.2) is 0 Å². The molecule has 0 aliphatic heterocycles. The minimum atomic E-state index is -4.14. The van der Waals surface area contributed by atoms with Gasteiger partial charge in [-0.05, 0) is 72.6 Å². The fraction of sp³-hybridized carbons (Fsp3) is 0.207. The molecule has 2 N–H and O–H groups in total. The fourth-order valence-electron chi connectivity index (χ4n) is 4.17. The molecule has 1 aromatic heterocycles. The lowest BCUT2D eigenvalue weighted by atomic mass is 10.1. The van der Waals surface area contributed by atoms with Crippen molar-refractivity contribution in [1.29, 1.82) is 0 Å². The zero-order valence-corrected chi connectivity index (χ0v) is 22.9. The van der Waals surface area contributed by atoms with Gasteiger partial charge in [-0.3, -0.25) is 4.79 Å². The highest BCUT2D eigenvalue weighted by atomic mass is 35.5. The Morgan fingerprint density at radius 3 is 2.56 bits per heavy atom. The highest BCUT2D eigenvalue weighted by Gasteiger charge is 2.27. The van der Waals surface area contributed by atoms with Gasteiger partial charge in [0.25, 0.3) is 0 Å². The second kappa shape index (κ2) is 12.3. The fourth-order valence-corrected chi connectivity index (χ4v) is 5.53. The number of nitrogens with one attached hydrogen (secondary N) is 1. The highest BCUT2D eigenvalue weighted by Crippen LogP contribution is 2.28. The van der Waals surface area contributed by atoms with E-state index in [1.165, 1.54) is 24.3 Å². The molecule has 0 amide bonds. The molecule has 1 heterocycles. The number of rotatable bonds is 11. The van der Waals surface area contributed by atoms with Gasteiger partial charge in [-0.2, -0.15) is 4.72 Å². The molecule has 0 aliphatic carbocycles. The minimum Gasteiger partial charge on any atom is -0.497 e. The zero-order valence-electron chi connectivity index (χ0n) is 21.3. The number of fused-ring (bicyclic) bond motifs is 1. The molecule has 0 unspecified atom stereocenters. The van der Waals surface area contributed by atoms with Crippen LogP contribution in [0.2, 0.25) is 5.02 Å². The molecule has 8 nitrogen and oxygen atoms in total. The molecule has 0 saturated carbocycles. The molecular weight excluding hydrogens is 540 g/mol. The number of nitrogens with zero attached hydrogens (tertiary/aromatic N) is 1. The van der Waals surface area contributed by atoms with Gasteiger partial charge in [0, 0.05) is 35.1 Å². The number of hydrogen-bond donors (Lipinski definition) is 2. The molecule has 4 rings (SSSR count). The summed E-state index contributed by atoms with van der Waals surface area (Å²) < 4.78 is 41.2. The van der Waals surface area contributed by atoms with Crippen LogP contribution in [-0.4, -0.2) is 43.8 Å². The van der Waals surface area contributed by atoms with E-state index in [-0.39, 0.29) is 17.9 Å². The van der Waals surface area contributed by atoms with Crippen molar-refractivity contribution in [1.82, 2.24) is 9.29 Å². The van der Waals surface area contributed by atoms with Gasteiger partial charge in [-0.1, -0.05) is 29.7 Å². The zero-order chi connectivity index (χ0) is 28.0. The summed E-state index contributed by atoms with van der Waals surface area (Å²) in [5.74, 6) is 5.34. The standard InChI is InChI=1S/C29H27ClN2O6S/c1-3-4-14-38-23-9-11-25(12-10-23)39(35,36)31-27(29(33)34)16-21-19-32(28-13-8-22(30)17-26(21)28)18-20-6-5-7-24(15-20)37-2/h5-13,15,17,19,27,31H,14,16,18H2,1-2H3,(H,33,34)/t27-/m0/s1. The number of sulfonamides is 1. The Morgan fingerprint density at radius 2 is 1.87 bits per heavy atom. The van der Waals surface area contributed by atoms with Crippen molar-refractivity contribution >= 4 is 38.5 Å². The average Bonchev–Trinajstić information content (AvgIpc) is 3.24. The van der Waals surface area contributed by atoms with E-state index in [2.05, 4.69) is 16.6 Å². The average molecular weight is 567 g/mol. The third-order valence-corrected chi connectivity index (χ3v) is 7.78. The monoisotopic (exact) mass is 566 g/mol. The maximum atomic E-state index is 13.1. The summed E-state index contributed by atoms with van der Waals surface area (Å²) in [6.07, 6.45) is 1.74. The Morgan fingerprint density at radius 1 is 1.10 bits per heavy atom. The predicted octanol–water partition coefficient (Wildman–Crippen LogP) is 4.73. The number of methoxy groups -OCH3 is 1. The van der Waals surface area contributed by atoms with Gasteiger partial charge in [-0.25, -0.2) is 8.42 Å². The molecule has 39 heavy (non-hydrogen) atoms. The predicted molar refractivity (Wildman–Crippen MR) is 150 cm³/mol. The lowest BCUT2D eigenvalue weighted by Gasteiger charge is -2.15. The summed E-state index contributed by atoms with van der Waals surface area (Å²) >= 11 is 6.27. The molecule has 4 aromatic rings. The summed E-state index contributed by atoms with van der Waals surface area (Å²) in [6, 6.07) is 17.3. The van der Waals surface area contributed by atoms with Gasteiger partial charge in [-0.15, -0.1) is 5.92 Å². The smallest absolute Gasteiger partial charge is 0.322 e. The van der Waals surface area contributed by atoms with Crippen molar-refractivity contribution in [3.05, 3.63) is 89.1 Å². The van der Waals surface area contributed by atoms with E-state index in [0.717, 1.165) is 22.2 Å². The van der Waals surface area contributed by atoms with Crippen molar-refractivity contribution < 1.29 is 27.8 Å². The van der Waals surface area contributed by atoms with Crippen LogP contribution in [0.1, 0.15) is 18.1 Å². The molecule has 202 valence electrons. The van der Waals surface area contributed by atoms with Crippen molar-refractivity contribution in [2.24, 2.45) is 0 Å². The van der Waals surface area contributed by atoms with E-state index in [1.807, 2.05) is 41.1 Å². The first-order valence-electron chi connectivity index (χ1n) is 12.0. The van der Waals surface area contributed by atoms with Crippen molar-refractivity contribution in [3.63, 3.8) is 0 Å². The van der Waals surface area contributed by atoms with E-state index in [9.17, 15) is 18.3 Å². The number of carboxylic acids is 1. The van der Waals surface area contributed by atoms with Crippen molar-refractivity contribution in [2.75, 3.05) is 13.7 Å². The maximum absolute atomic E-state index is 13.1. The molecular formula is C29H27ClN2O6S. The number of hydrogen-bond acceptors (Lipinski definition) is 5. The van der Waals surface area contributed by atoms with Crippen LogP contribution in [-0.2, 0) is 27.8 Å². The van der Waals surface area contributed by atoms with Gasteiger partial charge in [0.05, 0.1) is 12.0 Å². The van der Waals surface area contributed by atoms with Crippen molar-refractivity contribution in [2.45, 2.75) is 30.8 Å². The Balaban J connectivity index is 1.60. The topological polar surface area (TPSA) is 107 Å². The summed E-state index contributed by atoms with van der Waals surface area (Å²) in [4.78, 5) is 12.1. The number of carbonyl (C=O) groups is 1. The van der Waals surface area contributed by atoms with E-state index in [0.29, 0.717) is 22.9 Å². The van der Waals surface area contributed by atoms with Crippen LogP contribution in [0.25, 0.3) is 10.9 Å². The van der Waals surface area contributed by atoms with Crippen LogP contribution in [0.3, 0.4) is 0 Å². The Kier molecular flexibility index (Phi) is 8.82. The number of aromatic nitrogens is 1. The SMILES string of the molecule is CC#CCOc1ccc(S(=O)(=O)N[C@@H](Cc2cn(Cc3cccc(OC)c3)c3ccc(Cl)cc23)C(=O)O)cc1. The lowest BCUT2D eigenvalue weighted by molar-refractivity contribution is -0.138. The van der Waals surface area contributed by atoms with Gasteiger partial charge in [0.1, 0.15) is 24.1 Å². The van der Waals surface area contributed by atoms with Crippen LogP contribution in [0.4, 0.5) is 0 Å².